The zero-order chi connectivity index (χ0) is 20.4. The minimum absolute atomic E-state index is 0.117. The van der Waals surface area contributed by atoms with Crippen LogP contribution in [-0.4, -0.2) is 35.1 Å². The molecule has 0 saturated carbocycles. The Bertz CT molecular complexity index is 982. The number of anilines is 2. The lowest BCUT2D eigenvalue weighted by Gasteiger charge is -2.23. The third kappa shape index (κ3) is 4.17. The van der Waals surface area contributed by atoms with Crippen LogP contribution in [0.3, 0.4) is 0 Å². The van der Waals surface area contributed by atoms with Gasteiger partial charge in [0.1, 0.15) is 11.2 Å². The van der Waals surface area contributed by atoms with Crippen molar-refractivity contribution in [1.29, 1.82) is 0 Å². The first-order valence-corrected chi connectivity index (χ1v) is 9.47. The zero-order valence-electron chi connectivity index (χ0n) is 14.3. The van der Waals surface area contributed by atoms with E-state index in [0.29, 0.717) is 5.02 Å². The number of hydrogen-bond acceptors (Lipinski definition) is 5. The molecule has 2 amide bonds. The van der Waals surface area contributed by atoms with Crippen LogP contribution in [-0.2, 0) is 4.79 Å². The molecule has 2 N–H and O–H groups in total. The van der Waals surface area contributed by atoms with Gasteiger partial charge in [0.2, 0.25) is 5.91 Å². The molecule has 1 aliphatic rings. The summed E-state index contributed by atoms with van der Waals surface area (Å²) in [5.41, 5.74) is 0.256. The Labute approximate surface area is 180 Å². The molecular formula is C17H13Cl4N5O2. The van der Waals surface area contributed by atoms with Gasteiger partial charge in [0.25, 0.3) is 5.91 Å². The van der Waals surface area contributed by atoms with Crippen molar-refractivity contribution in [2.75, 3.05) is 17.4 Å². The molecule has 3 rings (SSSR count). The van der Waals surface area contributed by atoms with E-state index < -0.39 is 17.9 Å². The van der Waals surface area contributed by atoms with Crippen LogP contribution >= 0.6 is 46.4 Å². The molecule has 1 aliphatic heterocycles. The molecule has 0 saturated heterocycles. The van der Waals surface area contributed by atoms with Gasteiger partial charge < -0.3 is 10.6 Å². The van der Waals surface area contributed by atoms with E-state index >= 15 is 0 Å². The number of benzene rings is 1. The maximum Gasteiger partial charge on any atom is 0.253 e. The van der Waals surface area contributed by atoms with Gasteiger partial charge in [-0.3, -0.25) is 9.59 Å². The number of nitrogens with zero attached hydrogens (tertiary/aromatic N) is 3. The molecule has 28 heavy (non-hydrogen) atoms. The summed E-state index contributed by atoms with van der Waals surface area (Å²) in [4.78, 5) is 29.3. The number of hydrogen-bond donors (Lipinski definition) is 2. The number of aromatic nitrogens is 1. The summed E-state index contributed by atoms with van der Waals surface area (Å²) in [6.45, 7) is 0. The minimum Gasteiger partial charge on any atom is -0.355 e. The Hall–Kier alpha value is -2.06. The van der Waals surface area contributed by atoms with Crippen LogP contribution in [0, 0.1) is 0 Å². The van der Waals surface area contributed by atoms with Gasteiger partial charge in [0, 0.05) is 24.7 Å². The monoisotopic (exact) mass is 459 g/mol. The number of rotatable bonds is 4. The molecule has 1 atom stereocenters. The highest BCUT2D eigenvalue weighted by atomic mass is 35.5. The van der Waals surface area contributed by atoms with E-state index in [9.17, 15) is 9.59 Å². The van der Waals surface area contributed by atoms with Crippen LogP contribution in [0.15, 0.2) is 35.6 Å². The van der Waals surface area contributed by atoms with Crippen molar-refractivity contribution in [2.45, 2.75) is 12.5 Å². The van der Waals surface area contributed by atoms with Crippen molar-refractivity contribution >= 4 is 74.9 Å². The van der Waals surface area contributed by atoms with Crippen LogP contribution in [0.5, 0.6) is 0 Å². The summed E-state index contributed by atoms with van der Waals surface area (Å²) in [7, 11) is 1.46. The van der Waals surface area contributed by atoms with E-state index in [2.05, 4.69) is 20.7 Å². The first-order chi connectivity index (χ1) is 13.3. The highest BCUT2D eigenvalue weighted by Gasteiger charge is 2.35. The Morgan fingerprint density at radius 3 is 2.61 bits per heavy atom. The standard InChI is InChI=1S/C17H13Cl4N5O2/c1-22-16(27)9-5-8(18)6-11(20)14(9)24-17(28)12-7-13(21)25-26(12)15-10(19)3-2-4-23-15/h2-6,12H,7H2,1H3,(H,22,27)(H,24,28). The van der Waals surface area contributed by atoms with E-state index in [1.54, 1.807) is 12.1 Å². The molecule has 2 heterocycles. The van der Waals surface area contributed by atoms with Gasteiger partial charge in [-0.05, 0) is 24.3 Å². The summed E-state index contributed by atoms with van der Waals surface area (Å²) < 4.78 is 0. The SMILES string of the molecule is CNC(=O)c1cc(Cl)cc(Cl)c1NC(=O)C1CC(Cl)=NN1c1ncccc1Cl. The van der Waals surface area contributed by atoms with Crippen molar-refractivity contribution in [1.82, 2.24) is 10.3 Å². The van der Waals surface area contributed by atoms with Crippen LogP contribution in [0.4, 0.5) is 11.5 Å². The lowest BCUT2D eigenvalue weighted by Crippen LogP contribution is -2.39. The number of halogens is 4. The van der Waals surface area contributed by atoms with Gasteiger partial charge in [-0.1, -0.05) is 46.4 Å². The van der Waals surface area contributed by atoms with Crippen LogP contribution in [0.1, 0.15) is 16.8 Å². The summed E-state index contributed by atoms with van der Waals surface area (Å²) in [6.07, 6.45) is 1.67. The molecule has 0 fully saturated rings. The van der Waals surface area contributed by atoms with Crippen molar-refractivity contribution in [3.63, 3.8) is 0 Å². The predicted octanol–water partition coefficient (Wildman–Crippen LogP) is 4.17. The van der Waals surface area contributed by atoms with E-state index in [1.165, 1.54) is 30.4 Å². The fourth-order valence-corrected chi connectivity index (χ4v) is 3.62. The minimum atomic E-state index is -0.829. The van der Waals surface area contributed by atoms with E-state index in [0.717, 1.165) is 0 Å². The Morgan fingerprint density at radius 2 is 1.93 bits per heavy atom. The molecule has 0 aliphatic carbocycles. The number of amides is 2. The number of hydrazone groups is 1. The third-order valence-electron chi connectivity index (χ3n) is 3.91. The van der Waals surface area contributed by atoms with Crippen LogP contribution < -0.4 is 15.6 Å². The number of nitrogens with one attached hydrogen (secondary N) is 2. The molecule has 11 heteroatoms. The van der Waals surface area contributed by atoms with Crippen LogP contribution in [0.25, 0.3) is 0 Å². The topological polar surface area (TPSA) is 86.7 Å². The quantitative estimate of drug-likeness (QED) is 0.716. The summed E-state index contributed by atoms with van der Waals surface area (Å²) in [6, 6.07) is 5.29. The van der Waals surface area contributed by atoms with Gasteiger partial charge in [0.15, 0.2) is 5.82 Å². The second kappa shape index (κ2) is 8.53. The smallest absolute Gasteiger partial charge is 0.253 e. The summed E-state index contributed by atoms with van der Waals surface area (Å²) in [5, 5.41) is 11.5. The van der Waals surface area contributed by atoms with Crippen LogP contribution in [0.2, 0.25) is 15.1 Å². The Kier molecular flexibility index (Phi) is 6.30. The molecule has 1 unspecified atom stereocenters. The Morgan fingerprint density at radius 1 is 1.18 bits per heavy atom. The fourth-order valence-electron chi connectivity index (χ4n) is 2.64. The maximum atomic E-state index is 13.0. The molecule has 1 aromatic heterocycles. The molecule has 1 aromatic carbocycles. The number of carbonyl (C=O) groups excluding carboxylic acids is 2. The maximum absolute atomic E-state index is 13.0. The van der Waals surface area contributed by atoms with Gasteiger partial charge in [-0.15, -0.1) is 0 Å². The zero-order valence-corrected chi connectivity index (χ0v) is 17.4. The molecule has 7 nitrogen and oxygen atoms in total. The Balaban J connectivity index is 1.93. The van der Waals surface area contributed by atoms with E-state index in [-0.39, 0.29) is 38.7 Å². The van der Waals surface area contributed by atoms with Gasteiger partial charge in [-0.2, -0.15) is 5.10 Å². The number of carbonyl (C=O) groups is 2. The van der Waals surface area contributed by atoms with Crippen molar-refractivity contribution in [3.8, 4) is 0 Å². The predicted molar refractivity (Wildman–Crippen MR) is 112 cm³/mol. The second-order valence-electron chi connectivity index (χ2n) is 5.73. The molecule has 0 spiro atoms. The van der Waals surface area contributed by atoms with Gasteiger partial charge in [0.05, 0.1) is 21.3 Å². The lowest BCUT2D eigenvalue weighted by molar-refractivity contribution is -0.117. The van der Waals surface area contributed by atoms with E-state index in [4.69, 9.17) is 46.4 Å². The highest BCUT2D eigenvalue weighted by molar-refractivity contribution is 6.66. The average molecular weight is 461 g/mol. The molecule has 2 aromatic rings. The third-order valence-corrected chi connectivity index (χ3v) is 4.95. The summed E-state index contributed by atoms with van der Waals surface area (Å²) in [5.74, 6) is -0.658. The largest absolute Gasteiger partial charge is 0.355 e. The summed E-state index contributed by atoms with van der Waals surface area (Å²) >= 11 is 24.4. The molecular weight excluding hydrogens is 448 g/mol. The first kappa shape index (κ1) is 20.7. The lowest BCUT2D eigenvalue weighted by atomic mass is 10.1. The second-order valence-corrected chi connectivity index (χ2v) is 7.42. The van der Waals surface area contributed by atoms with Crippen molar-refractivity contribution < 1.29 is 9.59 Å². The first-order valence-electron chi connectivity index (χ1n) is 7.96. The van der Waals surface area contributed by atoms with E-state index in [1.807, 2.05) is 0 Å². The average Bonchev–Trinajstić information content (AvgIpc) is 3.05. The number of pyridine rings is 1. The highest BCUT2D eigenvalue weighted by Crippen LogP contribution is 2.33. The molecule has 0 radical (unpaired) electrons. The normalized spacial score (nSPS) is 16.0. The van der Waals surface area contributed by atoms with Crippen molar-refractivity contribution in [3.05, 3.63) is 51.1 Å². The van der Waals surface area contributed by atoms with Gasteiger partial charge >= 0.3 is 0 Å². The van der Waals surface area contributed by atoms with Crippen molar-refractivity contribution in [2.24, 2.45) is 5.10 Å². The fraction of sp³-hybridized carbons (Fsp3) is 0.176. The molecule has 146 valence electrons. The van der Waals surface area contributed by atoms with Gasteiger partial charge in [-0.25, -0.2) is 9.99 Å². The molecule has 0 bridgehead atoms.